The van der Waals surface area contributed by atoms with E-state index in [0.29, 0.717) is 6.42 Å². The molecule has 37 heavy (non-hydrogen) atoms. The van der Waals surface area contributed by atoms with Crippen LogP contribution in [0.25, 0.3) is 0 Å². The summed E-state index contributed by atoms with van der Waals surface area (Å²) in [4.78, 5) is 67.9. The summed E-state index contributed by atoms with van der Waals surface area (Å²) >= 11 is 0. The molecule has 18 heteroatoms. The van der Waals surface area contributed by atoms with Gasteiger partial charge in [-0.1, -0.05) is 0 Å². The van der Waals surface area contributed by atoms with Gasteiger partial charge in [0.1, 0.15) is 18.1 Å². The lowest BCUT2D eigenvalue weighted by Gasteiger charge is -2.24. The Labute approximate surface area is 212 Å². The zero-order valence-electron chi connectivity index (χ0n) is 20.3. The molecular formula is C19H37N11O7. The zero-order chi connectivity index (χ0) is 28.5. The fraction of sp³-hybridized carbons (Fsp3) is 0.632. The van der Waals surface area contributed by atoms with Crippen LogP contribution in [-0.4, -0.2) is 95.6 Å². The number of rotatable bonds is 18. The molecule has 18 nitrogen and oxygen atoms in total. The highest BCUT2D eigenvalue weighted by Crippen LogP contribution is 2.02. The minimum atomic E-state index is -1.59. The lowest BCUT2D eigenvalue weighted by molar-refractivity contribution is -0.142. The minimum absolute atomic E-state index is 0.0640. The first-order chi connectivity index (χ1) is 17.3. The predicted molar refractivity (Wildman–Crippen MR) is 132 cm³/mol. The first kappa shape index (κ1) is 32.8. The molecule has 0 rings (SSSR count). The van der Waals surface area contributed by atoms with E-state index in [1.54, 1.807) is 0 Å². The highest BCUT2D eigenvalue weighted by atomic mass is 16.4. The number of carboxylic acids is 1. The molecule has 0 aliphatic heterocycles. The van der Waals surface area contributed by atoms with Crippen molar-refractivity contribution in [2.45, 2.75) is 56.3 Å². The number of aliphatic hydroxyl groups is 1. The van der Waals surface area contributed by atoms with E-state index < -0.39 is 66.8 Å². The maximum absolute atomic E-state index is 12.6. The van der Waals surface area contributed by atoms with Crippen molar-refractivity contribution in [2.24, 2.45) is 44.4 Å². The lowest BCUT2D eigenvalue weighted by atomic mass is 10.1. The fourth-order valence-electron chi connectivity index (χ4n) is 2.84. The van der Waals surface area contributed by atoms with Gasteiger partial charge >= 0.3 is 5.97 Å². The van der Waals surface area contributed by atoms with Crippen LogP contribution >= 0.6 is 0 Å². The van der Waals surface area contributed by atoms with E-state index in [0.717, 1.165) is 0 Å². The van der Waals surface area contributed by atoms with E-state index >= 15 is 0 Å². The second kappa shape index (κ2) is 17.3. The normalized spacial score (nSPS) is 13.7. The van der Waals surface area contributed by atoms with Crippen LogP contribution in [0.1, 0.15) is 32.1 Å². The number of aliphatic carboxylic acids is 1. The molecule has 0 heterocycles. The summed E-state index contributed by atoms with van der Waals surface area (Å²) < 4.78 is 0. The summed E-state index contributed by atoms with van der Waals surface area (Å²) in [6.45, 7) is -0.535. The van der Waals surface area contributed by atoms with Gasteiger partial charge in [-0.15, -0.1) is 0 Å². The summed E-state index contributed by atoms with van der Waals surface area (Å²) in [6, 6.07) is -5.58. The number of aliphatic hydroxyl groups excluding tert-OH is 1. The highest BCUT2D eigenvalue weighted by molar-refractivity contribution is 5.96. The third-order valence-electron chi connectivity index (χ3n) is 4.72. The molecule has 0 aliphatic rings. The third-order valence-corrected chi connectivity index (χ3v) is 4.72. The smallest absolute Gasteiger partial charge is 0.326 e. The number of carboxylic acid groups (broad SMARTS) is 1. The number of carbonyl (C=O) groups excluding carboxylic acids is 4. The predicted octanol–water partition coefficient (Wildman–Crippen LogP) is -6.17. The highest BCUT2D eigenvalue weighted by Gasteiger charge is 2.30. The van der Waals surface area contributed by atoms with Crippen LogP contribution in [-0.2, 0) is 24.0 Å². The molecule has 0 spiro atoms. The number of carbonyl (C=O) groups is 5. The Balaban J connectivity index is 5.18. The van der Waals surface area contributed by atoms with Crippen molar-refractivity contribution in [1.29, 1.82) is 0 Å². The van der Waals surface area contributed by atoms with Crippen molar-refractivity contribution in [3.63, 3.8) is 0 Å². The Bertz CT molecular complexity index is 857. The van der Waals surface area contributed by atoms with Gasteiger partial charge in [-0.2, -0.15) is 0 Å². The molecule has 4 unspecified atom stereocenters. The average molecular weight is 532 g/mol. The van der Waals surface area contributed by atoms with E-state index in [1.807, 2.05) is 0 Å². The summed E-state index contributed by atoms with van der Waals surface area (Å²) in [6.07, 6.45) is -0.0263. The molecule has 17 N–H and O–H groups in total. The number of hydrogen-bond acceptors (Lipinski definition) is 9. The van der Waals surface area contributed by atoms with E-state index in [9.17, 15) is 34.2 Å². The summed E-state index contributed by atoms with van der Waals surface area (Å²) in [5.41, 5.74) is 31.7. The van der Waals surface area contributed by atoms with Gasteiger partial charge in [0.25, 0.3) is 0 Å². The average Bonchev–Trinajstić information content (AvgIpc) is 2.80. The Hall–Kier alpha value is -4.19. The largest absolute Gasteiger partial charge is 0.480 e. The number of aliphatic imine (C=N–C) groups is 2. The van der Waals surface area contributed by atoms with Crippen LogP contribution < -0.4 is 50.4 Å². The van der Waals surface area contributed by atoms with E-state index in [4.69, 9.17) is 34.4 Å². The van der Waals surface area contributed by atoms with Crippen molar-refractivity contribution in [1.82, 2.24) is 16.0 Å². The van der Waals surface area contributed by atoms with Crippen molar-refractivity contribution in [2.75, 3.05) is 19.7 Å². The molecule has 0 aromatic rings. The Morgan fingerprint density at radius 2 is 1.16 bits per heavy atom. The molecule has 0 aliphatic carbocycles. The van der Waals surface area contributed by atoms with Crippen LogP contribution in [0, 0.1) is 0 Å². The van der Waals surface area contributed by atoms with Crippen molar-refractivity contribution < 1.29 is 34.2 Å². The Morgan fingerprint density at radius 3 is 1.62 bits per heavy atom. The van der Waals surface area contributed by atoms with Crippen molar-refractivity contribution >= 4 is 41.5 Å². The van der Waals surface area contributed by atoms with Crippen LogP contribution in [0.5, 0.6) is 0 Å². The molecular weight excluding hydrogens is 494 g/mol. The molecule has 0 bridgehead atoms. The van der Waals surface area contributed by atoms with Crippen molar-refractivity contribution in [3.05, 3.63) is 0 Å². The molecule has 0 radical (unpaired) electrons. The van der Waals surface area contributed by atoms with E-state index in [-0.39, 0.29) is 44.3 Å². The topological polar surface area (TPSA) is 343 Å². The first-order valence-electron chi connectivity index (χ1n) is 11.2. The van der Waals surface area contributed by atoms with Gasteiger partial charge in [0, 0.05) is 13.1 Å². The van der Waals surface area contributed by atoms with Gasteiger partial charge in [0.2, 0.25) is 23.6 Å². The van der Waals surface area contributed by atoms with Gasteiger partial charge in [0.05, 0.1) is 19.1 Å². The summed E-state index contributed by atoms with van der Waals surface area (Å²) in [5, 5.41) is 25.5. The number of amides is 4. The molecule has 4 atom stereocenters. The summed E-state index contributed by atoms with van der Waals surface area (Å²) in [5.74, 6) is -5.50. The number of nitrogens with two attached hydrogens (primary N) is 6. The number of nitrogens with one attached hydrogen (secondary N) is 3. The maximum Gasteiger partial charge on any atom is 0.326 e. The molecule has 0 aromatic carbocycles. The maximum atomic E-state index is 12.6. The SMILES string of the molecule is NC(=O)CC(NC(=O)C(CO)NC(=O)C(N)CCCN=C(N)N)C(=O)NC(CCCN=C(N)N)C(=O)O. The number of hydrogen-bond donors (Lipinski definition) is 11. The van der Waals surface area contributed by atoms with Crippen LogP contribution in [0.15, 0.2) is 9.98 Å². The lowest BCUT2D eigenvalue weighted by Crippen LogP contribution is -2.58. The Morgan fingerprint density at radius 1 is 0.703 bits per heavy atom. The second-order valence-electron chi connectivity index (χ2n) is 7.88. The molecule has 0 saturated heterocycles. The molecule has 210 valence electrons. The van der Waals surface area contributed by atoms with Crippen LogP contribution in [0.4, 0.5) is 0 Å². The summed E-state index contributed by atoms with van der Waals surface area (Å²) in [7, 11) is 0. The number of primary amides is 1. The monoisotopic (exact) mass is 531 g/mol. The van der Waals surface area contributed by atoms with Gasteiger partial charge < -0.3 is 60.6 Å². The van der Waals surface area contributed by atoms with Gasteiger partial charge in [-0.05, 0) is 25.7 Å². The standard InChI is InChI=1S/C19H37N11O7/c20-9(3-1-5-26-18(22)23)14(33)30-12(8-31)16(35)29-11(7-13(21)32)15(34)28-10(17(36)37)4-2-6-27-19(24)25/h9-12,31H,1-8,20H2,(H2,21,32)(H,28,34)(H,29,35)(H,30,33)(H,36,37)(H4,22,23,26)(H4,24,25,27). The first-order valence-corrected chi connectivity index (χ1v) is 11.2. The van der Waals surface area contributed by atoms with Gasteiger partial charge in [0.15, 0.2) is 11.9 Å². The molecule has 4 amide bonds. The molecule has 0 fully saturated rings. The van der Waals surface area contributed by atoms with Crippen molar-refractivity contribution in [3.8, 4) is 0 Å². The van der Waals surface area contributed by atoms with Gasteiger partial charge in [-0.3, -0.25) is 29.2 Å². The van der Waals surface area contributed by atoms with E-state index in [1.165, 1.54) is 0 Å². The van der Waals surface area contributed by atoms with E-state index in [2.05, 4.69) is 25.9 Å². The van der Waals surface area contributed by atoms with Crippen LogP contribution in [0.2, 0.25) is 0 Å². The molecule has 0 saturated carbocycles. The third kappa shape index (κ3) is 14.7. The van der Waals surface area contributed by atoms with Gasteiger partial charge in [-0.25, -0.2) is 4.79 Å². The quantitative estimate of drug-likeness (QED) is 0.0447. The minimum Gasteiger partial charge on any atom is -0.480 e. The second-order valence-corrected chi connectivity index (χ2v) is 7.88. The fourth-order valence-corrected chi connectivity index (χ4v) is 2.84. The number of guanidine groups is 2. The number of nitrogens with zero attached hydrogens (tertiary/aromatic N) is 2. The molecule has 0 aromatic heterocycles. The zero-order valence-corrected chi connectivity index (χ0v) is 20.3. The Kier molecular flexibility index (Phi) is 15.3. The van der Waals surface area contributed by atoms with Crippen LogP contribution in [0.3, 0.4) is 0 Å².